The number of nitrogens with one attached hydrogen (secondary N) is 1. The average Bonchev–Trinajstić information content (AvgIpc) is 2.14. The largest absolute Gasteiger partial charge is 0.414 e. The lowest BCUT2D eigenvalue weighted by atomic mass is 9.75. The number of rotatable bonds is 2. The third kappa shape index (κ3) is 3.81. The van der Waals surface area contributed by atoms with Crippen LogP contribution in [0.3, 0.4) is 0 Å². The summed E-state index contributed by atoms with van der Waals surface area (Å²) in [5, 5.41) is 3.84. The summed E-state index contributed by atoms with van der Waals surface area (Å²) in [6.45, 7) is 20.9. The van der Waals surface area contributed by atoms with Gasteiger partial charge >= 0.3 is 0 Å². The van der Waals surface area contributed by atoms with E-state index in [1.165, 1.54) is 0 Å². The van der Waals surface area contributed by atoms with Gasteiger partial charge in [0, 0.05) is 12.5 Å². The molecule has 1 fully saturated rings. The Morgan fingerprint density at radius 1 is 1.06 bits per heavy atom. The van der Waals surface area contributed by atoms with Gasteiger partial charge in [-0.05, 0) is 36.5 Å². The van der Waals surface area contributed by atoms with Crippen LogP contribution in [0.2, 0.25) is 18.1 Å². The molecule has 0 spiro atoms. The van der Waals surface area contributed by atoms with Crippen molar-refractivity contribution in [1.82, 2.24) is 5.32 Å². The van der Waals surface area contributed by atoms with Crippen molar-refractivity contribution < 1.29 is 4.43 Å². The van der Waals surface area contributed by atoms with Gasteiger partial charge in [0.2, 0.25) is 0 Å². The van der Waals surface area contributed by atoms with Crippen molar-refractivity contribution in [2.45, 2.75) is 72.2 Å². The first-order valence-corrected chi connectivity index (χ1v) is 10.2. The van der Waals surface area contributed by atoms with E-state index in [2.05, 4.69) is 60.0 Å². The average molecular weight is 272 g/mol. The number of piperidine rings is 1. The van der Waals surface area contributed by atoms with Crippen molar-refractivity contribution in [2.75, 3.05) is 13.1 Å². The topological polar surface area (TPSA) is 21.3 Å². The molecule has 0 radical (unpaired) electrons. The predicted molar refractivity (Wildman–Crippen MR) is 82.5 cm³/mol. The van der Waals surface area contributed by atoms with Gasteiger partial charge in [-0.25, -0.2) is 0 Å². The van der Waals surface area contributed by atoms with E-state index in [1.807, 2.05) is 0 Å². The van der Waals surface area contributed by atoms with Crippen molar-refractivity contribution >= 4 is 8.32 Å². The van der Waals surface area contributed by atoms with E-state index < -0.39 is 8.32 Å². The van der Waals surface area contributed by atoms with E-state index in [1.54, 1.807) is 0 Å². The smallest absolute Gasteiger partial charge is 0.192 e. The molecule has 0 bridgehead atoms. The highest BCUT2D eigenvalue weighted by Crippen LogP contribution is 2.41. The zero-order valence-corrected chi connectivity index (χ0v) is 14.7. The minimum Gasteiger partial charge on any atom is -0.414 e. The molecule has 0 aromatic rings. The van der Waals surface area contributed by atoms with Gasteiger partial charge in [0.05, 0.1) is 6.10 Å². The Labute approximate surface area is 115 Å². The molecule has 0 aromatic carbocycles. The van der Waals surface area contributed by atoms with Gasteiger partial charge in [-0.1, -0.05) is 41.5 Å². The minimum atomic E-state index is -1.64. The maximum absolute atomic E-state index is 6.68. The van der Waals surface area contributed by atoms with Gasteiger partial charge in [0.25, 0.3) is 0 Å². The molecule has 0 aliphatic carbocycles. The fourth-order valence-electron chi connectivity index (χ4n) is 2.39. The molecule has 1 saturated heterocycles. The van der Waals surface area contributed by atoms with Gasteiger partial charge in [0.1, 0.15) is 0 Å². The second kappa shape index (κ2) is 5.26. The number of hydrogen-bond acceptors (Lipinski definition) is 2. The Bertz CT molecular complexity index is 275. The van der Waals surface area contributed by atoms with Crippen LogP contribution in [0.1, 0.15) is 48.0 Å². The van der Waals surface area contributed by atoms with Gasteiger partial charge in [-0.3, -0.25) is 0 Å². The maximum atomic E-state index is 6.68. The fourth-order valence-corrected chi connectivity index (χ4v) is 3.79. The molecular formula is C15H33NOSi. The van der Waals surface area contributed by atoms with E-state index in [4.69, 9.17) is 4.43 Å². The summed E-state index contributed by atoms with van der Waals surface area (Å²) in [6, 6.07) is 0. The summed E-state index contributed by atoms with van der Waals surface area (Å²) >= 11 is 0. The molecule has 1 unspecified atom stereocenters. The van der Waals surface area contributed by atoms with E-state index in [-0.39, 0.29) is 0 Å². The molecule has 2 atom stereocenters. The van der Waals surface area contributed by atoms with E-state index in [0.29, 0.717) is 22.5 Å². The fraction of sp³-hybridized carbons (Fsp3) is 1.00. The third-order valence-electron chi connectivity index (χ3n) is 4.78. The molecular weight excluding hydrogens is 238 g/mol. The summed E-state index contributed by atoms with van der Waals surface area (Å²) in [7, 11) is -1.64. The van der Waals surface area contributed by atoms with Crippen LogP contribution in [0.25, 0.3) is 0 Å². The predicted octanol–water partition coefficient (Wildman–Crippen LogP) is 4.03. The molecule has 2 nitrogen and oxygen atoms in total. The Morgan fingerprint density at radius 3 is 2.06 bits per heavy atom. The first-order chi connectivity index (χ1) is 7.95. The molecule has 1 aliphatic rings. The maximum Gasteiger partial charge on any atom is 0.192 e. The summed E-state index contributed by atoms with van der Waals surface area (Å²) in [6.07, 6.45) is 1.60. The Morgan fingerprint density at radius 2 is 1.61 bits per heavy atom. The summed E-state index contributed by atoms with van der Waals surface area (Å²) in [5.41, 5.74) is 0.320. The van der Waals surface area contributed by atoms with E-state index >= 15 is 0 Å². The van der Waals surface area contributed by atoms with Crippen molar-refractivity contribution in [2.24, 2.45) is 11.3 Å². The van der Waals surface area contributed by atoms with Crippen LogP contribution in [-0.2, 0) is 4.43 Å². The van der Waals surface area contributed by atoms with E-state index in [9.17, 15) is 0 Å². The standard InChI is InChI=1S/C15H33NOSi/c1-14(2,3)12-11-16-10-9-13(12)17-18(7,8)15(4,5)6/h12-13,16H,9-11H2,1-8H3/t12?,13-/m0/s1. The summed E-state index contributed by atoms with van der Waals surface area (Å²) in [4.78, 5) is 0. The molecule has 18 heavy (non-hydrogen) atoms. The van der Waals surface area contributed by atoms with Crippen LogP contribution in [-0.4, -0.2) is 27.5 Å². The lowest BCUT2D eigenvalue weighted by molar-refractivity contribution is 0.0285. The SMILES string of the molecule is CC(C)(C)C1CNCC[C@@H]1O[Si](C)(C)C(C)(C)C. The van der Waals surface area contributed by atoms with Crippen molar-refractivity contribution in [1.29, 1.82) is 0 Å². The Kier molecular flexibility index (Phi) is 4.73. The highest BCUT2D eigenvalue weighted by molar-refractivity contribution is 6.74. The van der Waals surface area contributed by atoms with Gasteiger partial charge in [0.15, 0.2) is 8.32 Å². The van der Waals surface area contributed by atoms with Gasteiger partial charge in [-0.2, -0.15) is 0 Å². The molecule has 1 rings (SSSR count). The molecule has 108 valence electrons. The lowest BCUT2D eigenvalue weighted by Gasteiger charge is -2.46. The monoisotopic (exact) mass is 271 g/mol. The normalized spacial score (nSPS) is 27.3. The molecule has 0 saturated carbocycles. The van der Waals surface area contributed by atoms with Crippen LogP contribution in [0, 0.1) is 11.3 Å². The minimum absolute atomic E-state index is 0.306. The van der Waals surface area contributed by atoms with Crippen LogP contribution in [0.5, 0.6) is 0 Å². The van der Waals surface area contributed by atoms with Crippen LogP contribution < -0.4 is 5.32 Å². The highest BCUT2D eigenvalue weighted by atomic mass is 28.4. The van der Waals surface area contributed by atoms with Crippen LogP contribution >= 0.6 is 0 Å². The van der Waals surface area contributed by atoms with Crippen LogP contribution in [0.4, 0.5) is 0 Å². The second-order valence-corrected chi connectivity index (χ2v) is 13.1. The zero-order valence-electron chi connectivity index (χ0n) is 13.7. The lowest BCUT2D eigenvalue weighted by Crippen LogP contribution is -2.53. The van der Waals surface area contributed by atoms with Gasteiger partial charge < -0.3 is 9.74 Å². The molecule has 1 heterocycles. The Hall–Kier alpha value is 0.137. The summed E-state index contributed by atoms with van der Waals surface area (Å²) in [5.74, 6) is 0.625. The highest BCUT2D eigenvalue weighted by Gasteiger charge is 2.43. The molecule has 1 N–H and O–H groups in total. The van der Waals surface area contributed by atoms with Crippen molar-refractivity contribution in [3.8, 4) is 0 Å². The van der Waals surface area contributed by atoms with Crippen molar-refractivity contribution in [3.63, 3.8) is 0 Å². The molecule has 1 aliphatic heterocycles. The quantitative estimate of drug-likeness (QED) is 0.766. The summed E-state index contributed by atoms with van der Waals surface area (Å²) < 4.78 is 6.68. The second-order valence-electron chi connectivity index (χ2n) is 8.38. The Balaban J connectivity index is 2.80. The molecule has 3 heteroatoms. The zero-order chi connectivity index (χ0) is 14.2. The van der Waals surface area contributed by atoms with Gasteiger partial charge in [-0.15, -0.1) is 0 Å². The van der Waals surface area contributed by atoms with E-state index in [0.717, 1.165) is 19.5 Å². The number of hydrogen-bond donors (Lipinski definition) is 1. The van der Waals surface area contributed by atoms with Crippen molar-refractivity contribution in [3.05, 3.63) is 0 Å². The van der Waals surface area contributed by atoms with Crippen LogP contribution in [0.15, 0.2) is 0 Å². The molecule has 0 amide bonds. The first-order valence-electron chi connectivity index (χ1n) is 7.34. The molecule has 0 aromatic heterocycles. The third-order valence-corrected chi connectivity index (χ3v) is 9.29. The first kappa shape index (κ1) is 16.2.